The van der Waals surface area contributed by atoms with E-state index < -0.39 is 0 Å². The fraction of sp³-hybridized carbons (Fsp3) is 0.365. The lowest BCUT2D eigenvalue weighted by Gasteiger charge is -1.69. The normalized spacial score (nSPS) is 6.78. The molecule has 0 heteroatoms. The first-order chi connectivity index (χ1) is 41.5. The first-order valence-electron chi connectivity index (χ1n) is 32.5. The monoisotopic (exact) mass is 1160 g/mol. The molecule has 0 saturated carbocycles. The van der Waals surface area contributed by atoms with E-state index in [1.165, 1.54) is 38.5 Å². The van der Waals surface area contributed by atoms with Crippen LogP contribution >= 0.6 is 0 Å². The number of benzene rings is 9. The first-order valence-corrected chi connectivity index (χ1v) is 32.5. The van der Waals surface area contributed by atoms with Gasteiger partial charge in [-0.2, -0.15) is 0 Å². The molecule has 0 fully saturated rings. The smallest absolute Gasteiger partial charge is 0.0590 e. The second kappa shape index (κ2) is 158. The molecule has 482 valence electrons. The maximum absolute atomic E-state index is 2.12. The van der Waals surface area contributed by atoms with Crippen LogP contribution in [0.3, 0.4) is 0 Å². The molecule has 0 nitrogen and oxygen atoms in total. The van der Waals surface area contributed by atoms with Crippen molar-refractivity contribution in [2.45, 2.75) is 212 Å². The van der Waals surface area contributed by atoms with Gasteiger partial charge in [0.2, 0.25) is 0 Å². The zero-order valence-corrected chi connectivity index (χ0v) is 59.4. The highest BCUT2D eigenvalue weighted by Crippen LogP contribution is 1.85. The molecule has 0 bridgehead atoms. The molecular formula is C85H142. The number of hydrogen-bond acceptors (Lipinski definition) is 0. The van der Waals surface area contributed by atoms with Crippen molar-refractivity contribution in [3.63, 3.8) is 0 Å². The molecule has 0 amide bonds. The molecule has 0 unspecified atom stereocenters. The lowest BCUT2D eigenvalue weighted by Crippen LogP contribution is -1.47. The molecule has 9 aromatic rings. The van der Waals surface area contributed by atoms with Crippen LogP contribution in [0.5, 0.6) is 0 Å². The molecule has 0 aromatic heterocycles. The molecule has 9 rings (SSSR count). The SMILES string of the molecule is C.CC.CC.CC.CC.CC.CC.CCC.CCC.CCC.CCC.CCC.CCC.c1ccccc1.c1ccccc1.c1ccccc1.c1ccccc1.c1ccccc1.c1ccccc1.c1ccccc1.c1ccccc1.c1ccccc1. The average Bonchev–Trinajstić information content (AvgIpc) is 3.61. The number of rotatable bonds is 0. The zero-order valence-electron chi connectivity index (χ0n) is 59.4. The van der Waals surface area contributed by atoms with Crippen LogP contribution in [0.1, 0.15) is 212 Å². The van der Waals surface area contributed by atoms with Crippen LogP contribution in [0.25, 0.3) is 0 Å². The minimum absolute atomic E-state index is 0. The minimum Gasteiger partial charge on any atom is -0.0776 e. The summed E-state index contributed by atoms with van der Waals surface area (Å²) in [5.41, 5.74) is 0. The minimum atomic E-state index is 0. The molecule has 0 radical (unpaired) electrons. The van der Waals surface area contributed by atoms with Gasteiger partial charge in [0.05, 0.1) is 0 Å². The maximum Gasteiger partial charge on any atom is -0.0590 e. The van der Waals surface area contributed by atoms with Gasteiger partial charge in [-0.3, -0.25) is 0 Å². The van der Waals surface area contributed by atoms with Crippen molar-refractivity contribution >= 4 is 0 Å². The van der Waals surface area contributed by atoms with E-state index in [4.69, 9.17) is 0 Å². The number of hydrogen-bond donors (Lipinski definition) is 0. The standard InChI is InChI=1S/9C6H6.6C3H8.6C2H6.CH4/c9*1-2-4-6-5-3-1;6*1-3-2;6*1-2;/h9*1-6H;6*3H2,1-2H3;6*1-2H3;1H4. The molecule has 0 heterocycles. The van der Waals surface area contributed by atoms with E-state index >= 15 is 0 Å². The van der Waals surface area contributed by atoms with Crippen molar-refractivity contribution in [3.05, 3.63) is 328 Å². The highest BCUT2D eigenvalue weighted by molar-refractivity contribution is 5.04. The van der Waals surface area contributed by atoms with Gasteiger partial charge >= 0.3 is 0 Å². The molecule has 0 atom stereocenters. The van der Waals surface area contributed by atoms with Gasteiger partial charge in [-0.05, 0) is 0 Å². The molecule has 0 aliphatic rings. The third-order valence-corrected chi connectivity index (χ3v) is 6.00. The van der Waals surface area contributed by atoms with Crippen molar-refractivity contribution in [1.82, 2.24) is 0 Å². The Bertz CT molecular complexity index is 1180. The van der Waals surface area contributed by atoms with Crippen molar-refractivity contribution in [3.8, 4) is 0 Å². The molecule has 0 N–H and O–H groups in total. The van der Waals surface area contributed by atoms with Gasteiger partial charge in [-0.15, -0.1) is 0 Å². The fourth-order valence-electron chi connectivity index (χ4n) is 3.46. The fourth-order valence-corrected chi connectivity index (χ4v) is 3.46. The molecule has 0 saturated heterocycles. The Balaban J connectivity index is -0.0000000591. The Kier molecular flexibility index (Phi) is 204. The molecule has 0 aliphatic heterocycles. The lowest BCUT2D eigenvalue weighted by atomic mass is 10.4. The van der Waals surface area contributed by atoms with Gasteiger partial charge in [-0.25, -0.2) is 0 Å². The molecule has 0 spiro atoms. The Morgan fingerprint density at radius 1 is 0.0941 bits per heavy atom. The summed E-state index contributed by atoms with van der Waals surface area (Å²) in [6.07, 6.45) is 7.50. The predicted molar refractivity (Wildman–Crippen MR) is 409 cm³/mol. The molecule has 9 aromatic carbocycles. The van der Waals surface area contributed by atoms with E-state index in [2.05, 4.69) is 83.1 Å². The first kappa shape index (κ1) is 109. The van der Waals surface area contributed by atoms with Crippen LogP contribution in [-0.4, -0.2) is 0 Å². The average molecular weight is 1160 g/mol. The van der Waals surface area contributed by atoms with Gasteiger partial charge in [-0.1, -0.05) is 540 Å². The van der Waals surface area contributed by atoms with Gasteiger partial charge in [0.25, 0.3) is 0 Å². The van der Waals surface area contributed by atoms with Crippen LogP contribution in [0.4, 0.5) is 0 Å². The Hall–Kier alpha value is -7.02. The van der Waals surface area contributed by atoms with Crippen LogP contribution in [0.2, 0.25) is 0 Å². The third kappa shape index (κ3) is 196. The summed E-state index contributed by atoms with van der Waals surface area (Å²) in [6.45, 7) is 49.5. The largest absolute Gasteiger partial charge is 0.0776 e. The van der Waals surface area contributed by atoms with Crippen LogP contribution < -0.4 is 0 Å². The Labute approximate surface area is 536 Å². The van der Waals surface area contributed by atoms with E-state index in [1.54, 1.807) is 0 Å². The highest BCUT2D eigenvalue weighted by atomic mass is 13.7. The summed E-state index contributed by atoms with van der Waals surface area (Å²) in [5, 5.41) is 0. The van der Waals surface area contributed by atoms with Crippen molar-refractivity contribution < 1.29 is 0 Å². The summed E-state index contributed by atoms with van der Waals surface area (Å²) >= 11 is 0. The Morgan fingerprint density at radius 2 is 0.106 bits per heavy atom. The van der Waals surface area contributed by atoms with Crippen LogP contribution in [-0.2, 0) is 0 Å². The quantitative estimate of drug-likeness (QED) is 0.142. The van der Waals surface area contributed by atoms with Gasteiger partial charge in [0, 0.05) is 0 Å². The highest BCUT2D eigenvalue weighted by Gasteiger charge is 1.63. The summed E-state index contributed by atoms with van der Waals surface area (Å²) in [6, 6.07) is 108. The van der Waals surface area contributed by atoms with Gasteiger partial charge in [0.15, 0.2) is 0 Å². The molecule has 85 heavy (non-hydrogen) atoms. The van der Waals surface area contributed by atoms with Crippen LogP contribution in [0.15, 0.2) is 328 Å². The lowest BCUT2D eigenvalue weighted by molar-refractivity contribution is 1.09. The second-order valence-electron chi connectivity index (χ2n) is 14.6. The van der Waals surface area contributed by atoms with E-state index in [9.17, 15) is 0 Å². The zero-order chi connectivity index (χ0) is 66.4. The predicted octanol–water partition coefficient (Wildman–Crippen LogP) is 30.5. The third-order valence-electron chi connectivity index (χ3n) is 6.00. The summed E-state index contributed by atoms with van der Waals surface area (Å²) in [7, 11) is 0. The van der Waals surface area contributed by atoms with Crippen LogP contribution in [0, 0.1) is 0 Å². The van der Waals surface area contributed by atoms with E-state index in [1.807, 2.05) is 411 Å². The summed E-state index contributed by atoms with van der Waals surface area (Å²) in [4.78, 5) is 0. The van der Waals surface area contributed by atoms with E-state index in [0.29, 0.717) is 0 Å². The maximum atomic E-state index is 2.12. The van der Waals surface area contributed by atoms with E-state index in [-0.39, 0.29) is 7.43 Å². The molecular weight excluding hydrogens is 1020 g/mol. The van der Waals surface area contributed by atoms with Crippen molar-refractivity contribution in [2.75, 3.05) is 0 Å². The summed E-state index contributed by atoms with van der Waals surface area (Å²) < 4.78 is 0. The van der Waals surface area contributed by atoms with Crippen molar-refractivity contribution in [1.29, 1.82) is 0 Å². The van der Waals surface area contributed by atoms with Gasteiger partial charge in [0.1, 0.15) is 0 Å². The summed E-state index contributed by atoms with van der Waals surface area (Å²) in [5.74, 6) is 0. The molecule has 0 aliphatic carbocycles. The topological polar surface area (TPSA) is 0 Å². The van der Waals surface area contributed by atoms with Gasteiger partial charge < -0.3 is 0 Å². The van der Waals surface area contributed by atoms with Crippen molar-refractivity contribution in [2.24, 2.45) is 0 Å². The second-order valence-corrected chi connectivity index (χ2v) is 14.6. The Morgan fingerprint density at radius 3 is 0.118 bits per heavy atom. The van der Waals surface area contributed by atoms with E-state index in [0.717, 1.165) is 0 Å².